The van der Waals surface area contributed by atoms with Crippen LogP contribution in [0.15, 0.2) is 46.9 Å². The molecule has 2 aromatic carbocycles. The molecule has 0 atom stereocenters. The zero-order valence-corrected chi connectivity index (χ0v) is 15.5. The van der Waals surface area contributed by atoms with Gasteiger partial charge >= 0.3 is 11.9 Å². The van der Waals surface area contributed by atoms with Gasteiger partial charge in [-0.05, 0) is 33.6 Å². The quantitative estimate of drug-likeness (QED) is 0.240. The molecular weight excluding hydrogens is 406 g/mol. The Bertz CT molecular complexity index is 906. The molecule has 2 aromatic rings. The number of halogens is 1. The van der Waals surface area contributed by atoms with Gasteiger partial charge in [-0.2, -0.15) is 0 Å². The lowest BCUT2D eigenvalue weighted by Gasteiger charge is -2.11. The molecule has 134 valence electrons. The van der Waals surface area contributed by atoms with Gasteiger partial charge in [-0.3, -0.25) is 10.1 Å². The number of nitro benzene ring substituents is 1. The van der Waals surface area contributed by atoms with E-state index in [2.05, 4.69) is 15.9 Å². The van der Waals surface area contributed by atoms with Crippen LogP contribution in [0.25, 0.3) is 11.6 Å². The number of nitrogens with zero attached hydrogens (tertiary/aromatic N) is 1. The number of carbonyl (C=O) groups is 2. The Morgan fingerprint density at radius 1 is 1.04 bits per heavy atom. The molecule has 0 N–H and O–H groups in total. The first-order chi connectivity index (χ1) is 12.4. The third-order valence-corrected chi connectivity index (χ3v) is 4.40. The smallest absolute Gasteiger partial charge is 0.338 e. The molecule has 0 heterocycles. The lowest BCUT2D eigenvalue weighted by molar-refractivity contribution is -0.385. The van der Waals surface area contributed by atoms with E-state index >= 15 is 0 Å². The molecule has 26 heavy (non-hydrogen) atoms. The van der Waals surface area contributed by atoms with Crippen LogP contribution in [0.4, 0.5) is 5.69 Å². The van der Waals surface area contributed by atoms with E-state index in [1.165, 1.54) is 38.5 Å². The predicted octanol–water partition coefficient (Wildman–Crippen LogP) is 3.86. The van der Waals surface area contributed by atoms with Gasteiger partial charge in [-0.15, -0.1) is 0 Å². The minimum Gasteiger partial charge on any atom is -0.465 e. The standard InChI is InChI=1S/C18H14BrNO6/c1-25-17(21)13-8-4-3-7-12(13)14(18(22)26-2)10-11-6-5-9-15(16(11)19)20(23)24/h3-10H,1-2H3. The van der Waals surface area contributed by atoms with E-state index in [9.17, 15) is 19.7 Å². The fraction of sp³-hybridized carbons (Fsp3) is 0.111. The molecule has 0 saturated heterocycles. The van der Waals surface area contributed by atoms with Gasteiger partial charge < -0.3 is 9.47 Å². The Hall–Kier alpha value is -3.00. The lowest BCUT2D eigenvalue weighted by atomic mass is 9.97. The summed E-state index contributed by atoms with van der Waals surface area (Å²) in [4.78, 5) is 34.9. The average molecular weight is 420 g/mol. The molecule has 0 spiro atoms. The van der Waals surface area contributed by atoms with Crippen LogP contribution >= 0.6 is 15.9 Å². The van der Waals surface area contributed by atoms with Crippen LogP contribution in [0.5, 0.6) is 0 Å². The fourth-order valence-corrected chi connectivity index (χ4v) is 2.83. The fourth-order valence-electron chi connectivity index (χ4n) is 2.31. The second-order valence-electron chi connectivity index (χ2n) is 5.02. The summed E-state index contributed by atoms with van der Waals surface area (Å²) in [7, 11) is 2.44. The number of nitro groups is 1. The Kier molecular flexibility index (Phi) is 6.24. The van der Waals surface area contributed by atoms with Gasteiger partial charge in [0.25, 0.3) is 5.69 Å². The summed E-state index contributed by atoms with van der Waals surface area (Å²) in [5, 5.41) is 11.1. The van der Waals surface area contributed by atoms with Crippen molar-refractivity contribution in [1.29, 1.82) is 0 Å². The maximum atomic E-state index is 12.3. The molecule has 0 aromatic heterocycles. The van der Waals surface area contributed by atoms with Gasteiger partial charge in [0.15, 0.2) is 0 Å². The van der Waals surface area contributed by atoms with E-state index in [4.69, 9.17) is 9.47 Å². The second kappa shape index (κ2) is 8.39. The first-order valence-corrected chi connectivity index (χ1v) is 8.10. The molecule has 0 fully saturated rings. The summed E-state index contributed by atoms with van der Waals surface area (Å²) in [5.74, 6) is -1.31. The van der Waals surface area contributed by atoms with E-state index in [1.54, 1.807) is 24.3 Å². The maximum absolute atomic E-state index is 12.3. The van der Waals surface area contributed by atoms with Gasteiger partial charge in [0, 0.05) is 11.6 Å². The Morgan fingerprint density at radius 3 is 2.27 bits per heavy atom. The molecule has 2 rings (SSSR count). The Morgan fingerprint density at radius 2 is 1.69 bits per heavy atom. The molecule has 0 amide bonds. The molecule has 8 heteroatoms. The Labute approximate surface area is 157 Å². The molecule has 0 aliphatic heterocycles. The number of benzene rings is 2. The topological polar surface area (TPSA) is 95.7 Å². The van der Waals surface area contributed by atoms with Crippen LogP contribution in [-0.4, -0.2) is 31.1 Å². The summed E-state index contributed by atoms with van der Waals surface area (Å²) in [6.07, 6.45) is 1.42. The molecule has 0 radical (unpaired) electrons. The number of hydrogen-bond donors (Lipinski definition) is 0. The molecule has 0 saturated carbocycles. The van der Waals surface area contributed by atoms with Crippen molar-refractivity contribution in [3.63, 3.8) is 0 Å². The summed E-state index contributed by atoms with van der Waals surface area (Å²) >= 11 is 3.19. The highest BCUT2D eigenvalue weighted by molar-refractivity contribution is 9.10. The van der Waals surface area contributed by atoms with Crippen LogP contribution < -0.4 is 0 Å². The van der Waals surface area contributed by atoms with Crippen LogP contribution in [-0.2, 0) is 14.3 Å². The second-order valence-corrected chi connectivity index (χ2v) is 5.82. The molecule has 0 aliphatic carbocycles. The van der Waals surface area contributed by atoms with E-state index in [1.807, 2.05) is 0 Å². The maximum Gasteiger partial charge on any atom is 0.338 e. The van der Waals surface area contributed by atoms with Gasteiger partial charge in [0.05, 0.1) is 30.3 Å². The van der Waals surface area contributed by atoms with Crippen molar-refractivity contribution in [3.8, 4) is 0 Å². The molecule has 7 nitrogen and oxygen atoms in total. The highest BCUT2D eigenvalue weighted by atomic mass is 79.9. The normalized spacial score (nSPS) is 11.0. The number of hydrogen-bond acceptors (Lipinski definition) is 6. The van der Waals surface area contributed by atoms with Gasteiger partial charge in [0.2, 0.25) is 0 Å². The van der Waals surface area contributed by atoms with Crippen molar-refractivity contribution in [2.45, 2.75) is 0 Å². The molecule has 0 aliphatic rings. The van der Waals surface area contributed by atoms with E-state index < -0.39 is 16.9 Å². The summed E-state index contributed by atoms with van der Waals surface area (Å²) in [6.45, 7) is 0. The number of carbonyl (C=O) groups excluding carboxylic acids is 2. The molecule has 0 unspecified atom stereocenters. The van der Waals surface area contributed by atoms with E-state index in [-0.39, 0.29) is 21.3 Å². The lowest BCUT2D eigenvalue weighted by Crippen LogP contribution is -2.10. The zero-order valence-electron chi connectivity index (χ0n) is 13.9. The predicted molar refractivity (Wildman–Crippen MR) is 98.5 cm³/mol. The average Bonchev–Trinajstić information content (AvgIpc) is 2.65. The summed E-state index contributed by atoms with van der Waals surface area (Å²) in [5.41, 5.74) is 0.774. The van der Waals surface area contributed by atoms with Crippen molar-refractivity contribution in [2.75, 3.05) is 14.2 Å². The minimum absolute atomic E-state index is 0.0645. The zero-order chi connectivity index (χ0) is 19.3. The third kappa shape index (κ3) is 3.97. The van der Waals surface area contributed by atoms with E-state index in [0.29, 0.717) is 11.1 Å². The van der Waals surface area contributed by atoms with Crippen molar-refractivity contribution in [1.82, 2.24) is 0 Å². The SMILES string of the molecule is COC(=O)C(=Cc1cccc([N+](=O)[O-])c1Br)c1ccccc1C(=O)OC. The van der Waals surface area contributed by atoms with Crippen molar-refractivity contribution < 1.29 is 24.0 Å². The monoisotopic (exact) mass is 419 g/mol. The van der Waals surface area contributed by atoms with Crippen LogP contribution in [0.1, 0.15) is 21.5 Å². The van der Waals surface area contributed by atoms with Gasteiger partial charge in [0.1, 0.15) is 4.47 Å². The summed E-state index contributed by atoms with van der Waals surface area (Å²) in [6, 6.07) is 10.8. The third-order valence-electron chi connectivity index (χ3n) is 3.53. The van der Waals surface area contributed by atoms with Crippen molar-refractivity contribution in [2.24, 2.45) is 0 Å². The minimum atomic E-state index is -0.695. The number of ether oxygens (including phenoxy) is 2. The highest BCUT2D eigenvalue weighted by Crippen LogP contribution is 2.32. The summed E-state index contributed by atoms with van der Waals surface area (Å²) < 4.78 is 9.77. The number of rotatable bonds is 5. The van der Waals surface area contributed by atoms with Crippen molar-refractivity contribution in [3.05, 3.63) is 73.7 Å². The first-order valence-electron chi connectivity index (χ1n) is 7.31. The van der Waals surface area contributed by atoms with Gasteiger partial charge in [-0.1, -0.05) is 30.3 Å². The van der Waals surface area contributed by atoms with E-state index in [0.717, 1.165) is 0 Å². The van der Waals surface area contributed by atoms with Gasteiger partial charge in [-0.25, -0.2) is 9.59 Å². The first kappa shape index (κ1) is 19.3. The largest absolute Gasteiger partial charge is 0.465 e. The Balaban J connectivity index is 2.71. The van der Waals surface area contributed by atoms with Crippen LogP contribution in [0.3, 0.4) is 0 Å². The number of esters is 2. The van der Waals surface area contributed by atoms with Crippen LogP contribution in [0, 0.1) is 10.1 Å². The number of methoxy groups -OCH3 is 2. The molecular formula is C18H14BrNO6. The highest BCUT2D eigenvalue weighted by Gasteiger charge is 2.22. The van der Waals surface area contributed by atoms with Crippen LogP contribution in [0.2, 0.25) is 0 Å². The molecule has 0 bridgehead atoms. The van der Waals surface area contributed by atoms with Crippen molar-refractivity contribution >= 4 is 45.2 Å².